The van der Waals surface area contributed by atoms with Gasteiger partial charge in [0.15, 0.2) is 0 Å². The first-order chi connectivity index (χ1) is 8.45. The molecule has 0 saturated carbocycles. The Bertz CT molecular complexity index is 430. The summed E-state index contributed by atoms with van der Waals surface area (Å²) in [5, 5.41) is 3.33. The van der Waals surface area contributed by atoms with Gasteiger partial charge >= 0.3 is 5.97 Å². The van der Waals surface area contributed by atoms with Crippen molar-refractivity contribution in [2.24, 2.45) is 5.92 Å². The number of esters is 1. The second-order valence-corrected chi connectivity index (χ2v) is 5.66. The van der Waals surface area contributed by atoms with E-state index in [1.165, 1.54) is 7.11 Å². The topological polar surface area (TPSA) is 38.3 Å². The highest BCUT2D eigenvalue weighted by molar-refractivity contribution is 9.10. The fraction of sp³-hybridized carbons (Fsp3) is 0.500. The maximum absolute atomic E-state index is 11.8. The monoisotopic (exact) mass is 313 g/mol. The van der Waals surface area contributed by atoms with Gasteiger partial charge in [-0.2, -0.15) is 0 Å². The molecular formula is C14H20BrNO2. The summed E-state index contributed by atoms with van der Waals surface area (Å²) in [6, 6.07) is 3.78. The third-order valence-corrected chi connectivity index (χ3v) is 3.19. The quantitative estimate of drug-likeness (QED) is 0.835. The molecule has 0 aromatic heterocycles. The molecule has 0 unspecified atom stereocenters. The van der Waals surface area contributed by atoms with Crippen molar-refractivity contribution in [1.82, 2.24) is 0 Å². The molecule has 1 aromatic carbocycles. The van der Waals surface area contributed by atoms with Crippen molar-refractivity contribution < 1.29 is 9.53 Å². The van der Waals surface area contributed by atoms with Gasteiger partial charge in [-0.25, -0.2) is 4.79 Å². The van der Waals surface area contributed by atoms with Crippen molar-refractivity contribution in [3.05, 3.63) is 27.7 Å². The Labute approximate surface area is 117 Å². The fourth-order valence-electron chi connectivity index (χ4n) is 1.73. The average molecular weight is 314 g/mol. The zero-order valence-electron chi connectivity index (χ0n) is 11.3. The minimum absolute atomic E-state index is 0.313. The Morgan fingerprint density at radius 2 is 2.11 bits per heavy atom. The maximum Gasteiger partial charge on any atom is 0.340 e. The van der Waals surface area contributed by atoms with E-state index in [-0.39, 0.29) is 5.97 Å². The molecule has 0 atom stereocenters. The first kappa shape index (κ1) is 15.0. The van der Waals surface area contributed by atoms with Crippen LogP contribution in [0.15, 0.2) is 16.6 Å². The number of carbonyl (C=O) groups excluding carboxylic acids is 1. The number of carbonyl (C=O) groups is 1. The Kier molecular flexibility index (Phi) is 5.66. The highest BCUT2D eigenvalue weighted by atomic mass is 79.9. The smallest absolute Gasteiger partial charge is 0.340 e. The molecule has 0 saturated heterocycles. The lowest BCUT2D eigenvalue weighted by atomic mass is 10.1. The molecule has 0 aliphatic carbocycles. The summed E-state index contributed by atoms with van der Waals surface area (Å²) in [6.07, 6.45) is 1.07. The largest absolute Gasteiger partial charge is 0.465 e. The normalized spacial score (nSPS) is 10.6. The van der Waals surface area contributed by atoms with Crippen LogP contribution in [0.3, 0.4) is 0 Å². The summed E-state index contributed by atoms with van der Waals surface area (Å²) in [4.78, 5) is 11.8. The first-order valence-electron chi connectivity index (χ1n) is 6.08. The van der Waals surface area contributed by atoms with Crippen LogP contribution < -0.4 is 5.32 Å². The van der Waals surface area contributed by atoms with Crippen LogP contribution in [0.2, 0.25) is 0 Å². The predicted molar refractivity (Wildman–Crippen MR) is 78.2 cm³/mol. The number of hydrogen-bond donors (Lipinski definition) is 1. The lowest BCUT2D eigenvalue weighted by molar-refractivity contribution is 0.0601. The molecule has 18 heavy (non-hydrogen) atoms. The van der Waals surface area contributed by atoms with Crippen LogP contribution in [0.5, 0.6) is 0 Å². The van der Waals surface area contributed by atoms with Crippen molar-refractivity contribution in [1.29, 1.82) is 0 Å². The van der Waals surface area contributed by atoms with Crippen LogP contribution in [0.25, 0.3) is 0 Å². The first-order valence-corrected chi connectivity index (χ1v) is 6.87. The van der Waals surface area contributed by atoms with E-state index in [2.05, 4.69) is 35.1 Å². The average Bonchev–Trinajstić information content (AvgIpc) is 2.30. The van der Waals surface area contributed by atoms with E-state index in [9.17, 15) is 4.79 Å². The second-order valence-electron chi connectivity index (χ2n) is 4.75. The number of nitrogens with one attached hydrogen (secondary N) is 1. The number of benzene rings is 1. The second kappa shape index (κ2) is 6.78. The molecule has 0 fully saturated rings. The van der Waals surface area contributed by atoms with Gasteiger partial charge in [0.1, 0.15) is 0 Å². The summed E-state index contributed by atoms with van der Waals surface area (Å²) in [5.41, 5.74) is 2.48. The third kappa shape index (κ3) is 4.02. The molecule has 1 aromatic rings. The number of hydrogen-bond acceptors (Lipinski definition) is 3. The molecule has 0 heterocycles. The molecule has 0 spiro atoms. The van der Waals surface area contributed by atoms with E-state index in [1.807, 2.05) is 13.0 Å². The molecule has 4 heteroatoms. The van der Waals surface area contributed by atoms with Gasteiger partial charge in [-0.1, -0.05) is 29.8 Å². The summed E-state index contributed by atoms with van der Waals surface area (Å²) in [6.45, 7) is 7.19. The number of methoxy groups -OCH3 is 1. The van der Waals surface area contributed by atoms with Crippen LogP contribution in [0.4, 0.5) is 5.69 Å². The van der Waals surface area contributed by atoms with Crippen LogP contribution in [-0.2, 0) is 4.74 Å². The van der Waals surface area contributed by atoms with Crippen molar-refractivity contribution in [3.63, 3.8) is 0 Å². The van der Waals surface area contributed by atoms with Gasteiger partial charge in [-0.3, -0.25) is 0 Å². The van der Waals surface area contributed by atoms with Crippen LogP contribution in [0.1, 0.15) is 36.2 Å². The fourth-order valence-corrected chi connectivity index (χ4v) is 2.31. The van der Waals surface area contributed by atoms with Crippen molar-refractivity contribution in [2.45, 2.75) is 27.2 Å². The number of aryl methyl sites for hydroxylation is 1. The van der Waals surface area contributed by atoms with Crippen molar-refractivity contribution in [3.8, 4) is 0 Å². The molecule has 100 valence electrons. The Balaban J connectivity index is 2.96. The van der Waals surface area contributed by atoms with Crippen LogP contribution in [0, 0.1) is 12.8 Å². The molecule has 0 aliphatic rings. The zero-order chi connectivity index (χ0) is 13.7. The predicted octanol–water partition coefficient (Wildman–Crippen LogP) is 4.00. The van der Waals surface area contributed by atoms with Crippen molar-refractivity contribution >= 4 is 27.6 Å². The standard InChI is InChI=1S/C14H20BrNO2/c1-9(2)5-6-16-13-10(3)7-11(15)8-12(13)14(17)18-4/h7-9,16H,5-6H2,1-4H3. The Hall–Kier alpha value is -1.03. The number of ether oxygens (including phenoxy) is 1. The molecule has 3 nitrogen and oxygen atoms in total. The van der Waals surface area contributed by atoms with E-state index in [0.29, 0.717) is 11.5 Å². The van der Waals surface area contributed by atoms with Gasteiger partial charge in [0.2, 0.25) is 0 Å². The minimum atomic E-state index is -0.313. The molecular weight excluding hydrogens is 294 g/mol. The van der Waals surface area contributed by atoms with Crippen LogP contribution in [-0.4, -0.2) is 19.6 Å². The Morgan fingerprint density at radius 3 is 2.67 bits per heavy atom. The van der Waals surface area contributed by atoms with Crippen LogP contribution >= 0.6 is 15.9 Å². The lowest BCUT2D eigenvalue weighted by Crippen LogP contribution is -2.12. The van der Waals surface area contributed by atoms with Gasteiger partial charge in [0.25, 0.3) is 0 Å². The zero-order valence-corrected chi connectivity index (χ0v) is 12.9. The highest BCUT2D eigenvalue weighted by Crippen LogP contribution is 2.26. The molecule has 0 radical (unpaired) electrons. The number of anilines is 1. The number of rotatable bonds is 5. The lowest BCUT2D eigenvalue weighted by Gasteiger charge is -2.15. The molecule has 0 amide bonds. The summed E-state index contributed by atoms with van der Waals surface area (Å²) in [5.74, 6) is 0.321. The third-order valence-electron chi connectivity index (χ3n) is 2.73. The van der Waals surface area contributed by atoms with Gasteiger partial charge < -0.3 is 10.1 Å². The van der Waals surface area contributed by atoms with E-state index in [4.69, 9.17) is 4.74 Å². The number of halogens is 1. The Morgan fingerprint density at radius 1 is 1.44 bits per heavy atom. The SMILES string of the molecule is COC(=O)c1cc(Br)cc(C)c1NCCC(C)C. The molecule has 1 N–H and O–H groups in total. The van der Waals surface area contributed by atoms with E-state index in [0.717, 1.165) is 28.7 Å². The van der Waals surface area contributed by atoms with Gasteiger partial charge in [-0.15, -0.1) is 0 Å². The maximum atomic E-state index is 11.8. The minimum Gasteiger partial charge on any atom is -0.465 e. The van der Waals surface area contributed by atoms with E-state index >= 15 is 0 Å². The van der Waals surface area contributed by atoms with Crippen molar-refractivity contribution in [2.75, 3.05) is 19.0 Å². The highest BCUT2D eigenvalue weighted by Gasteiger charge is 2.15. The van der Waals surface area contributed by atoms with Gasteiger partial charge in [0, 0.05) is 11.0 Å². The summed E-state index contributed by atoms with van der Waals surface area (Å²) in [7, 11) is 1.40. The van der Waals surface area contributed by atoms with Gasteiger partial charge in [0.05, 0.1) is 18.4 Å². The van der Waals surface area contributed by atoms with E-state index in [1.54, 1.807) is 6.07 Å². The van der Waals surface area contributed by atoms with Gasteiger partial charge in [-0.05, 0) is 37.0 Å². The molecule has 1 rings (SSSR count). The molecule has 0 bridgehead atoms. The van der Waals surface area contributed by atoms with E-state index < -0.39 is 0 Å². The molecule has 0 aliphatic heterocycles. The summed E-state index contributed by atoms with van der Waals surface area (Å²) >= 11 is 3.40. The summed E-state index contributed by atoms with van der Waals surface area (Å²) < 4.78 is 5.70.